The Bertz CT molecular complexity index is 255. The normalized spacial score (nSPS) is 13.3. The molecule has 0 saturated carbocycles. The first-order valence-corrected chi connectivity index (χ1v) is 4.49. The van der Waals surface area contributed by atoms with E-state index in [9.17, 15) is 0 Å². The summed E-state index contributed by atoms with van der Waals surface area (Å²) in [6, 6.07) is 0. The molecule has 1 heterocycles. The Labute approximate surface area is 73.4 Å². The first-order valence-electron chi connectivity index (χ1n) is 4.49. The van der Waals surface area contributed by atoms with Crippen LogP contribution in [0.1, 0.15) is 44.3 Å². The zero-order valence-electron chi connectivity index (χ0n) is 8.29. The molecule has 0 fully saturated rings. The zero-order valence-corrected chi connectivity index (χ0v) is 8.29. The molecule has 0 aliphatic rings. The van der Waals surface area contributed by atoms with E-state index >= 15 is 0 Å². The third kappa shape index (κ3) is 1.84. The second-order valence-corrected chi connectivity index (χ2v) is 3.27. The van der Waals surface area contributed by atoms with Crippen LogP contribution in [0.25, 0.3) is 0 Å². The minimum atomic E-state index is 0.498. The fourth-order valence-corrected chi connectivity index (χ4v) is 1.48. The summed E-state index contributed by atoms with van der Waals surface area (Å²) in [7, 11) is 1.90. The van der Waals surface area contributed by atoms with Gasteiger partial charge in [0.05, 0.1) is 5.92 Å². The summed E-state index contributed by atoms with van der Waals surface area (Å²) in [5.74, 6) is 2.29. The van der Waals surface area contributed by atoms with E-state index in [1.165, 1.54) is 12.8 Å². The largest absolute Gasteiger partial charge is 0.350 e. The van der Waals surface area contributed by atoms with Crippen LogP contribution in [-0.2, 0) is 7.05 Å². The third-order valence-corrected chi connectivity index (χ3v) is 2.03. The summed E-state index contributed by atoms with van der Waals surface area (Å²) in [6.07, 6.45) is 2.35. The molecule has 1 atom stereocenters. The van der Waals surface area contributed by atoms with Crippen molar-refractivity contribution in [3.05, 3.63) is 11.7 Å². The van der Waals surface area contributed by atoms with Gasteiger partial charge in [0.2, 0.25) is 0 Å². The van der Waals surface area contributed by atoms with E-state index in [1.807, 2.05) is 14.0 Å². The summed E-state index contributed by atoms with van der Waals surface area (Å²) in [4.78, 5) is 4.33. The van der Waals surface area contributed by atoms with Gasteiger partial charge in [-0.05, 0) is 11.4 Å². The lowest BCUT2D eigenvalue weighted by Crippen LogP contribution is -2.31. The van der Waals surface area contributed by atoms with Crippen LogP contribution in [0.3, 0.4) is 0 Å². The number of nitrogens with zero attached hydrogens (tertiary/aromatic N) is 2. The van der Waals surface area contributed by atoms with Crippen molar-refractivity contribution in [2.24, 2.45) is 7.05 Å². The van der Waals surface area contributed by atoms with Crippen LogP contribution in [0.2, 0.25) is 0 Å². The Morgan fingerprint density at radius 3 is 2.67 bits per heavy atom. The van der Waals surface area contributed by atoms with Gasteiger partial charge in [-0.2, -0.15) is 0 Å². The van der Waals surface area contributed by atoms with E-state index in [-0.39, 0.29) is 0 Å². The van der Waals surface area contributed by atoms with Crippen LogP contribution in [0, 0.1) is 6.92 Å². The number of hydrogen-bond donors (Lipinski definition) is 0. The van der Waals surface area contributed by atoms with E-state index in [4.69, 9.17) is 4.52 Å². The van der Waals surface area contributed by atoms with Crippen molar-refractivity contribution in [3.63, 3.8) is 0 Å². The molecular weight excluding hydrogens is 152 g/mol. The molecule has 68 valence electrons. The van der Waals surface area contributed by atoms with Crippen molar-refractivity contribution in [2.75, 3.05) is 0 Å². The van der Waals surface area contributed by atoms with Crippen LogP contribution in [0.4, 0.5) is 0 Å². The number of rotatable bonds is 3. The summed E-state index contributed by atoms with van der Waals surface area (Å²) in [5.41, 5.74) is 0. The number of aryl methyl sites for hydroxylation is 2. The number of aromatic nitrogens is 2. The van der Waals surface area contributed by atoms with Crippen molar-refractivity contribution in [2.45, 2.75) is 39.5 Å². The third-order valence-electron chi connectivity index (χ3n) is 2.03. The van der Waals surface area contributed by atoms with E-state index in [0.717, 1.165) is 11.7 Å². The van der Waals surface area contributed by atoms with Crippen LogP contribution in [0.5, 0.6) is 0 Å². The van der Waals surface area contributed by atoms with Gasteiger partial charge in [0.25, 0.3) is 0 Å². The highest BCUT2D eigenvalue weighted by molar-refractivity contribution is 4.86. The minimum Gasteiger partial charge on any atom is -0.259 e. The summed E-state index contributed by atoms with van der Waals surface area (Å²) in [6.45, 7) is 6.24. The Balaban J connectivity index is 2.79. The van der Waals surface area contributed by atoms with Gasteiger partial charge in [-0.25, -0.2) is 0 Å². The molecule has 12 heavy (non-hydrogen) atoms. The summed E-state index contributed by atoms with van der Waals surface area (Å²) in [5, 5.41) is 0. The fourth-order valence-electron chi connectivity index (χ4n) is 1.48. The van der Waals surface area contributed by atoms with Gasteiger partial charge >= 0.3 is 11.7 Å². The predicted molar refractivity (Wildman–Crippen MR) is 45.7 cm³/mol. The maximum absolute atomic E-state index is 5.29. The smallest absolute Gasteiger partial charge is 0.259 e. The van der Waals surface area contributed by atoms with E-state index < -0.39 is 0 Å². The molecule has 0 N–H and O–H groups in total. The van der Waals surface area contributed by atoms with Crippen LogP contribution < -0.4 is 4.74 Å². The molecule has 1 rings (SSSR count). The molecule has 3 heteroatoms. The topological polar surface area (TPSA) is 29.9 Å². The van der Waals surface area contributed by atoms with Crippen molar-refractivity contribution in [1.29, 1.82) is 0 Å². The van der Waals surface area contributed by atoms with E-state index in [0.29, 0.717) is 5.92 Å². The molecule has 0 radical (unpaired) electrons. The second-order valence-electron chi connectivity index (χ2n) is 3.27. The molecule has 0 aromatic carbocycles. The molecule has 1 unspecified atom stereocenters. The van der Waals surface area contributed by atoms with Crippen molar-refractivity contribution in [3.8, 4) is 0 Å². The molecule has 0 aliphatic heterocycles. The monoisotopic (exact) mass is 169 g/mol. The Hall–Kier alpha value is -0.860. The Morgan fingerprint density at radius 1 is 1.58 bits per heavy atom. The van der Waals surface area contributed by atoms with Crippen molar-refractivity contribution in [1.82, 2.24) is 4.98 Å². The Kier molecular flexibility index (Phi) is 2.84. The second kappa shape index (κ2) is 3.70. The quantitative estimate of drug-likeness (QED) is 0.645. The Morgan fingerprint density at radius 2 is 2.25 bits per heavy atom. The average molecular weight is 169 g/mol. The van der Waals surface area contributed by atoms with E-state index in [1.54, 1.807) is 4.74 Å². The van der Waals surface area contributed by atoms with Crippen molar-refractivity contribution < 1.29 is 9.26 Å². The fraction of sp³-hybridized carbons (Fsp3) is 0.778. The van der Waals surface area contributed by atoms with Gasteiger partial charge < -0.3 is 0 Å². The summed E-state index contributed by atoms with van der Waals surface area (Å²) >= 11 is 0. The van der Waals surface area contributed by atoms with Gasteiger partial charge in [-0.3, -0.25) is 4.52 Å². The molecule has 1 aromatic heterocycles. The summed E-state index contributed by atoms with van der Waals surface area (Å²) < 4.78 is 7.05. The lowest BCUT2D eigenvalue weighted by molar-refractivity contribution is -0.852. The lowest BCUT2D eigenvalue weighted by atomic mass is 10.1. The highest BCUT2D eigenvalue weighted by Gasteiger charge is 2.22. The lowest BCUT2D eigenvalue weighted by Gasteiger charge is -1.99. The van der Waals surface area contributed by atoms with Gasteiger partial charge in [0, 0.05) is 6.92 Å². The van der Waals surface area contributed by atoms with Gasteiger partial charge in [0.1, 0.15) is 7.05 Å². The van der Waals surface area contributed by atoms with E-state index in [2.05, 4.69) is 18.8 Å². The standard InChI is InChI=1S/C9H17N2O/c1-5-6-7(2)9-10-8(3)12-11(9)4/h7H,5-6H2,1-4H3/q+1. The van der Waals surface area contributed by atoms with Gasteiger partial charge in [-0.15, -0.1) is 0 Å². The molecule has 3 nitrogen and oxygen atoms in total. The molecule has 1 aromatic rings. The molecular formula is C9H17N2O+. The maximum atomic E-state index is 5.29. The van der Waals surface area contributed by atoms with Crippen LogP contribution in [-0.4, -0.2) is 4.98 Å². The van der Waals surface area contributed by atoms with Gasteiger partial charge in [0.15, 0.2) is 0 Å². The molecule has 0 amide bonds. The predicted octanol–water partition coefficient (Wildman–Crippen LogP) is 1.71. The molecule has 0 saturated heterocycles. The minimum absolute atomic E-state index is 0.498. The highest BCUT2D eigenvalue weighted by atomic mass is 16.5. The molecule has 0 aliphatic carbocycles. The SMILES string of the molecule is CCCC(C)c1nc(C)o[n+]1C. The van der Waals surface area contributed by atoms with Crippen molar-refractivity contribution >= 4 is 0 Å². The molecule has 0 bridgehead atoms. The van der Waals surface area contributed by atoms with Crippen LogP contribution >= 0.6 is 0 Å². The first kappa shape index (κ1) is 9.23. The van der Waals surface area contributed by atoms with Gasteiger partial charge in [-0.1, -0.05) is 25.0 Å². The maximum Gasteiger partial charge on any atom is 0.350 e. The zero-order chi connectivity index (χ0) is 9.14. The highest BCUT2D eigenvalue weighted by Crippen LogP contribution is 2.15. The van der Waals surface area contributed by atoms with Crippen LogP contribution in [0.15, 0.2) is 4.52 Å². The number of hydrogen-bond acceptors (Lipinski definition) is 2. The molecule has 0 spiro atoms. The average Bonchev–Trinajstić information content (AvgIpc) is 2.30. The first-order chi connectivity index (χ1) is 5.65.